The summed E-state index contributed by atoms with van der Waals surface area (Å²) in [6, 6.07) is 5.46. The van der Waals surface area contributed by atoms with Crippen LogP contribution in [0.15, 0.2) is 23.1 Å². The molecule has 0 radical (unpaired) electrons. The van der Waals surface area contributed by atoms with E-state index in [1.54, 1.807) is 6.07 Å². The van der Waals surface area contributed by atoms with Gasteiger partial charge >= 0.3 is 0 Å². The summed E-state index contributed by atoms with van der Waals surface area (Å²) in [4.78, 5) is 12.2. The van der Waals surface area contributed by atoms with Crippen molar-refractivity contribution in [2.75, 3.05) is 0 Å². The molecule has 70 valence electrons. The zero-order valence-corrected chi connectivity index (χ0v) is 9.03. The quantitative estimate of drug-likeness (QED) is 0.464. The molecule has 0 saturated carbocycles. The Morgan fingerprint density at radius 3 is 2.77 bits per heavy atom. The van der Waals surface area contributed by atoms with E-state index >= 15 is 0 Å². The van der Waals surface area contributed by atoms with Crippen molar-refractivity contribution in [2.45, 2.75) is 24.1 Å². The maximum absolute atomic E-state index is 11.5. The highest BCUT2D eigenvalue weighted by atomic mass is 35.5. The molecule has 1 rings (SSSR count). The summed E-state index contributed by atoms with van der Waals surface area (Å²) >= 11 is 9.89. The molecule has 13 heavy (non-hydrogen) atoms. The molecule has 1 nitrogen and oxygen atoms in total. The van der Waals surface area contributed by atoms with Gasteiger partial charge in [-0.25, -0.2) is 0 Å². The average Bonchev–Trinajstić information content (AvgIpc) is 2.16. The van der Waals surface area contributed by atoms with Gasteiger partial charge in [-0.3, -0.25) is 4.79 Å². The van der Waals surface area contributed by atoms with Crippen LogP contribution >= 0.6 is 24.2 Å². The first kappa shape index (κ1) is 10.6. The van der Waals surface area contributed by atoms with Crippen molar-refractivity contribution in [3.8, 4) is 0 Å². The zero-order valence-electron chi connectivity index (χ0n) is 7.38. The molecule has 0 heterocycles. The van der Waals surface area contributed by atoms with Crippen LogP contribution < -0.4 is 0 Å². The number of carbonyl (C=O) groups is 1. The average molecular weight is 215 g/mol. The van der Waals surface area contributed by atoms with Crippen LogP contribution in [0.4, 0.5) is 0 Å². The van der Waals surface area contributed by atoms with Gasteiger partial charge < -0.3 is 0 Å². The Morgan fingerprint density at radius 1 is 1.54 bits per heavy atom. The molecule has 0 fully saturated rings. The molecule has 0 atom stereocenters. The minimum Gasteiger partial charge on any atom is -0.294 e. The largest absolute Gasteiger partial charge is 0.294 e. The van der Waals surface area contributed by atoms with Crippen LogP contribution in [0.2, 0.25) is 0 Å². The van der Waals surface area contributed by atoms with Crippen molar-refractivity contribution in [3.63, 3.8) is 0 Å². The van der Waals surface area contributed by atoms with Gasteiger partial charge in [-0.15, -0.1) is 24.2 Å². The first-order chi connectivity index (χ1) is 6.19. The molecule has 0 spiro atoms. The number of thiol groups is 1. The second-order valence-corrected chi connectivity index (χ2v) is 3.54. The number of halogens is 1. The van der Waals surface area contributed by atoms with Gasteiger partial charge in [-0.1, -0.05) is 13.0 Å². The summed E-state index contributed by atoms with van der Waals surface area (Å²) in [5.74, 6) is 0.487. The summed E-state index contributed by atoms with van der Waals surface area (Å²) in [5.41, 5.74) is 1.58. The topological polar surface area (TPSA) is 17.1 Å². The van der Waals surface area contributed by atoms with E-state index in [9.17, 15) is 4.79 Å². The van der Waals surface area contributed by atoms with Crippen LogP contribution in [-0.2, 0) is 5.88 Å². The number of hydrogen-bond donors (Lipinski definition) is 1. The first-order valence-corrected chi connectivity index (χ1v) is 5.08. The highest BCUT2D eigenvalue weighted by molar-refractivity contribution is 7.80. The summed E-state index contributed by atoms with van der Waals surface area (Å²) in [6.45, 7) is 1.84. The van der Waals surface area contributed by atoms with Crippen molar-refractivity contribution >= 4 is 30.0 Å². The highest BCUT2D eigenvalue weighted by Gasteiger charge is 2.08. The van der Waals surface area contributed by atoms with Crippen LogP contribution in [0.5, 0.6) is 0 Å². The summed E-state index contributed by atoms with van der Waals surface area (Å²) < 4.78 is 0. The number of ketones is 1. The molecule has 0 bridgehead atoms. The fraction of sp³-hybridized carbons (Fsp3) is 0.300. The van der Waals surface area contributed by atoms with E-state index in [2.05, 4.69) is 12.6 Å². The third-order valence-electron chi connectivity index (χ3n) is 1.86. The third-order valence-corrected chi connectivity index (χ3v) is 2.43. The summed E-state index contributed by atoms with van der Waals surface area (Å²) in [5, 5.41) is 0. The van der Waals surface area contributed by atoms with Crippen molar-refractivity contribution in [2.24, 2.45) is 0 Å². The molecule has 0 aliphatic heterocycles. The Morgan fingerprint density at radius 2 is 2.23 bits per heavy atom. The van der Waals surface area contributed by atoms with Gasteiger partial charge in [0.2, 0.25) is 0 Å². The van der Waals surface area contributed by atoms with E-state index in [1.807, 2.05) is 19.1 Å². The second kappa shape index (κ2) is 4.68. The lowest BCUT2D eigenvalue weighted by Crippen LogP contribution is -2.01. The number of Topliss-reactive ketones (excluding diaryl/α,β-unsaturated/α-hetero) is 1. The molecule has 1 aromatic carbocycles. The van der Waals surface area contributed by atoms with Gasteiger partial charge in [0.15, 0.2) is 5.78 Å². The van der Waals surface area contributed by atoms with E-state index in [0.29, 0.717) is 17.9 Å². The number of benzene rings is 1. The van der Waals surface area contributed by atoms with Gasteiger partial charge in [0, 0.05) is 22.8 Å². The second-order valence-electron chi connectivity index (χ2n) is 2.75. The Labute approximate surface area is 88.5 Å². The minimum absolute atomic E-state index is 0.117. The minimum atomic E-state index is 0.117. The normalized spacial score (nSPS) is 10.1. The maximum Gasteiger partial charge on any atom is 0.162 e. The fourth-order valence-corrected chi connectivity index (χ4v) is 1.57. The number of rotatable bonds is 3. The zero-order chi connectivity index (χ0) is 9.84. The van der Waals surface area contributed by atoms with Crippen molar-refractivity contribution in [3.05, 3.63) is 29.3 Å². The third kappa shape index (κ3) is 2.48. The molecular formula is C10H11ClOS. The Hall–Kier alpha value is -0.470. The fourth-order valence-electron chi connectivity index (χ4n) is 1.13. The molecule has 0 N–H and O–H groups in total. The standard InChI is InChI=1S/C10H11ClOS/c1-2-10(12)9-5-8(13)4-3-7(9)6-11/h3-5,13H,2,6H2,1H3. The Kier molecular flexibility index (Phi) is 3.82. The van der Waals surface area contributed by atoms with Gasteiger partial charge in [0.05, 0.1) is 0 Å². The van der Waals surface area contributed by atoms with Crippen LogP contribution in [0.3, 0.4) is 0 Å². The molecule has 3 heteroatoms. The van der Waals surface area contributed by atoms with E-state index in [4.69, 9.17) is 11.6 Å². The lowest BCUT2D eigenvalue weighted by molar-refractivity contribution is 0.0987. The number of carbonyl (C=O) groups excluding carboxylic acids is 1. The molecule has 1 aromatic rings. The van der Waals surface area contributed by atoms with Gasteiger partial charge in [0.25, 0.3) is 0 Å². The molecule has 0 amide bonds. The van der Waals surface area contributed by atoms with Gasteiger partial charge in [-0.2, -0.15) is 0 Å². The smallest absolute Gasteiger partial charge is 0.162 e. The Bertz CT molecular complexity index is 323. The molecule has 0 aliphatic carbocycles. The molecule has 0 saturated heterocycles. The molecule has 0 aliphatic rings. The maximum atomic E-state index is 11.5. The van der Waals surface area contributed by atoms with Gasteiger partial charge in [-0.05, 0) is 17.7 Å². The van der Waals surface area contributed by atoms with Gasteiger partial charge in [0.1, 0.15) is 0 Å². The summed E-state index contributed by atoms with van der Waals surface area (Å²) in [6.07, 6.45) is 0.501. The SMILES string of the molecule is CCC(=O)c1cc(S)ccc1CCl. The van der Waals surface area contributed by atoms with Crippen molar-refractivity contribution in [1.29, 1.82) is 0 Å². The molecule has 0 unspecified atom stereocenters. The number of alkyl halides is 1. The lowest BCUT2D eigenvalue weighted by atomic mass is 10.0. The highest BCUT2D eigenvalue weighted by Crippen LogP contribution is 2.18. The number of hydrogen-bond acceptors (Lipinski definition) is 2. The molecular weight excluding hydrogens is 204 g/mol. The van der Waals surface area contributed by atoms with E-state index in [-0.39, 0.29) is 5.78 Å². The van der Waals surface area contributed by atoms with E-state index < -0.39 is 0 Å². The van der Waals surface area contributed by atoms with Crippen LogP contribution in [0, 0.1) is 0 Å². The Balaban J connectivity index is 3.15. The predicted molar refractivity (Wildman–Crippen MR) is 57.9 cm³/mol. The molecule has 0 aromatic heterocycles. The van der Waals surface area contributed by atoms with E-state index in [1.165, 1.54) is 0 Å². The van der Waals surface area contributed by atoms with Crippen molar-refractivity contribution in [1.82, 2.24) is 0 Å². The van der Waals surface area contributed by atoms with E-state index in [0.717, 1.165) is 10.5 Å². The van der Waals surface area contributed by atoms with Crippen molar-refractivity contribution < 1.29 is 4.79 Å². The van der Waals surface area contributed by atoms with Crippen LogP contribution in [-0.4, -0.2) is 5.78 Å². The van der Waals surface area contributed by atoms with Crippen LogP contribution in [0.1, 0.15) is 29.3 Å². The predicted octanol–water partition coefficient (Wildman–Crippen LogP) is 3.31. The monoisotopic (exact) mass is 214 g/mol. The summed E-state index contributed by atoms with van der Waals surface area (Å²) in [7, 11) is 0. The lowest BCUT2D eigenvalue weighted by Gasteiger charge is -2.05. The van der Waals surface area contributed by atoms with Crippen LogP contribution in [0.25, 0.3) is 0 Å². The first-order valence-electron chi connectivity index (χ1n) is 4.10.